The average molecular weight is 410 g/mol. The van der Waals surface area contributed by atoms with E-state index >= 15 is 0 Å². The van der Waals surface area contributed by atoms with Gasteiger partial charge < -0.3 is 10.6 Å². The highest BCUT2D eigenvalue weighted by Gasteiger charge is 2.30. The summed E-state index contributed by atoms with van der Waals surface area (Å²) in [5.74, 6) is -1.63. The molecule has 2 aromatic carbocycles. The maximum Gasteiger partial charge on any atom is 0.232 e. The standard InChI is InChI=1S/C16H12FIN2O2/c17-9-4-5-12-13(8-15(21)20-14(12)6-9)16(22)19-11-3-1-2-10(18)7-11/h1-7,13H,8H2,(H,19,22)(H,20,21). The van der Waals surface area contributed by atoms with Crippen LogP contribution >= 0.6 is 22.6 Å². The minimum Gasteiger partial charge on any atom is -0.326 e. The van der Waals surface area contributed by atoms with E-state index < -0.39 is 11.7 Å². The van der Waals surface area contributed by atoms with Crippen molar-refractivity contribution >= 4 is 45.8 Å². The summed E-state index contributed by atoms with van der Waals surface area (Å²) in [7, 11) is 0. The fourth-order valence-corrected chi connectivity index (χ4v) is 3.01. The molecule has 6 heteroatoms. The minimum absolute atomic E-state index is 0.0500. The van der Waals surface area contributed by atoms with Crippen LogP contribution in [0.1, 0.15) is 17.9 Å². The molecule has 2 aromatic rings. The maximum absolute atomic E-state index is 13.3. The van der Waals surface area contributed by atoms with Gasteiger partial charge in [0, 0.05) is 21.4 Å². The van der Waals surface area contributed by atoms with E-state index in [0.717, 1.165) is 3.57 Å². The quantitative estimate of drug-likeness (QED) is 0.745. The first-order chi connectivity index (χ1) is 10.5. The lowest BCUT2D eigenvalue weighted by Crippen LogP contribution is -2.30. The lowest BCUT2D eigenvalue weighted by Gasteiger charge is -2.24. The highest BCUT2D eigenvalue weighted by Crippen LogP contribution is 2.33. The first-order valence-electron chi connectivity index (χ1n) is 6.68. The topological polar surface area (TPSA) is 58.2 Å². The SMILES string of the molecule is O=C1CC(C(=O)Nc2cccc(I)c2)c2ccc(F)cc2N1. The van der Waals surface area contributed by atoms with Crippen molar-refractivity contribution in [3.8, 4) is 0 Å². The predicted molar refractivity (Wildman–Crippen MR) is 90.2 cm³/mol. The van der Waals surface area contributed by atoms with Gasteiger partial charge in [-0.15, -0.1) is 0 Å². The molecule has 112 valence electrons. The summed E-state index contributed by atoms with van der Waals surface area (Å²) in [5.41, 5.74) is 1.66. The first kappa shape index (κ1) is 15.0. The second kappa shape index (κ2) is 6.04. The molecular formula is C16H12FIN2O2. The third-order valence-electron chi connectivity index (χ3n) is 3.46. The van der Waals surface area contributed by atoms with Crippen LogP contribution in [0.4, 0.5) is 15.8 Å². The molecule has 0 aromatic heterocycles. The van der Waals surface area contributed by atoms with Crippen LogP contribution in [0, 0.1) is 9.39 Å². The Morgan fingerprint density at radius 2 is 2.09 bits per heavy atom. The molecule has 0 saturated carbocycles. The van der Waals surface area contributed by atoms with Crippen molar-refractivity contribution < 1.29 is 14.0 Å². The summed E-state index contributed by atoms with van der Waals surface area (Å²) >= 11 is 2.16. The summed E-state index contributed by atoms with van der Waals surface area (Å²) < 4.78 is 14.3. The van der Waals surface area contributed by atoms with Gasteiger partial charge in [0.2, 0.25) is 11.8 Å². The fraction of sp³-hybridized carbons (Fsp3) is 0.125. The zero-order valence-corrected chi connectivity index (χ0v) is 13.6. The van der Waals surface area contributed by atoms with Crippen LogP contribution in [0.15, 0.2) is 42.5 Å². The Balaban J connectivity index is 1.88. The van der Waals surface area contributed by atoms with Gasteiger partial charge in [0.25, 0.3) is 0 Å². The maximum atomic E-state index is 13.3. The second-order valence-electron chi connectivity index (χ2n) is 5.04. The number of benzene rings is 2. The van der Waals surface area contributed by atoms with Crippen LogP contribution in [0.5, 0.6) is 0 Å². The number of nitrogens with one attached hydrogen (secondary N) is 2. The summed E-state index contributed by atoms with van der Waals surface area (Å²) in [6.07, 6.45) is 0.0500. The van der Waals surface area contributed by atoms with E-state index in [0.29, 0.717) is 16.9 Å². The molecule has 3 rings (SSSR count). The van der Waals surface area contributed by atoms with Gasteiger partial charge in [-0.3, -0.25) is 9.59 Å². The van der Waals surface area contributed by atoms with E-state index in [1.165, 1.54) is 12.1 Å². The summed E-state index contributed by atoms with van der Waals surface area (Å²) in [6.45, 7) is 0. The number of carbonyl (C=O) groups excluding carboxylic acids is 2. The van der Waals surface area contributed by atoms with Gasteiger partial charge in [-0.2, -0.15) is 0 Å². The number of fused-ring (bicyclic) bond motifs is 1. The number of carbonyl (C=O) groups is 2. The number of anilines is 2. The van der Waals surface area contributed by atoms with Gasteiger partial charge in [0.1, 0.15) is 5.82 Å². The van der Waals surface area contributed by atoms with Gasteiger partial charge in [-0.05, 0) is 58.5 Å². The second-order valence-corrected chi connectivity index (χ2v) is 6.28. The molecule has 1 unspecified atom stereocenters. The predicted octanol–water partition coefficient (Wildman–Crippen LogP) is 3.49. The molecule has 0 spiro atoms. The van der Waals surface area contributed by atoms with Crippen molar-refractivity contribution in [2.24, 2.45) is 0 Å². The van der Waals surface area contributed by atoms with Crippen LogP contribution in [-0.2, 0) is 9.59 Å². The smallest absolute Gasteiger partial charge is 0.232 e. The van der Waals surface area contributed by atoms with Crippen molar-refractivity contribution in [1.82, 2.24) is 0 Å². The summed E-state index contributed by atoms with van der Waals surface area (Å²) in [6, 6.07) is 11.5. The van der Waals surface area contributed by atoms with Gasteiger partial charge >= 0.3 is 0 Å². The van der Waals surface area contributed by atoms with Crippen molar-refractivity contribution in [3.05, 3.63) is 57.4 Å². The van der Waals surface area contributed by atoms with Gasteiger partial charge in [-0.1, -0.05) is 12.1 Å². The highest BCUT2D eigenvalue weighted by atomic mass is 127. The van der Waals surface area contributed by atoms with Crippen molar-refractivity contribution in [1.29, 1.82) is 0 Å². The van der Waals surface area contributed by atoms with Crippen molar-refractivity contribution in [2.45, 2.75) is 12.3 Å². The molecule has 4 nitrogen and oxygen atoms in total. The van der Waals surface area contributed by atoms with Crippen LogP contribution in [0.3, 0.4) is 0 Å². The Hall–Kier alpha value is -1.96. The Morgan fingerprint density at radius 3 is 2.86 bits per heavy atom. The van der Waals surface area contributed by atoms with Crippen LogP contribution in [-0.4, -0.2) is 11.8 Å². The Labute approximate surface area is 140 Å². The third kappa shape index (κ3) is 3.11. The lowest BCUT2D eigenvalue weighted by atomic mass is 9.89. The number of hydrogen-bond donors (Lipinski definition) is 2. The van der Waals surface area contributed by atoms with Crippen LogP contribution < -0.4 is 10.6 Å². The van der Waals surface area contributed by atoms with Crippen molar-refractivity contribution in [3.63, 3.8) is 0 Å². The first-order valence-corrected chi connectivity index (χ1v) is 7.76. The molecule has 0 radical (unpaired) electrons. The van der Waals surface area contributed by atoms with E-state index in [1.54, 1.807) is 12.1 Å². The van der Waals surface area contributed by atoms with Crippen molar-refractivity contribution in [2.75, 3.05) is 10.6 Å². The molecule has 1 heterocycles. The van der Waals surface area contributed by atoms with E-state index in [4.69, 9.17) is 0 Å². The summed E-state index contributed by atoms with van der Waals surface area (Å²) in [4.78, 5) is 24.2. The van der Waals surface area contributed by atoms with E-state index in [2.05, 4.69) is 33.2 Å². The average Bonchev–Trinajstić information content (AvgIpc) is 2.45. The molecule has 1 atom stereocenters. The highest BCUT2D eigenvalue weighted by molar-refractivity contribution is 14.1. The molecular weight excluding hydrogens is 398 g/mol. The Morgan fingerprint density at radius 1 is 1.27 bits per heavy atom. The summed E-state index contributed by atoms with van der Waals surface area (Å²) in [5, 5.41) is 5.41. The molecule has 0 saturated heterocycles. The number of amides is 2. The third-order valence-corrected chi connectivity index (χ3v) is 4.13. The van der Waals surface area contributed by atoms with Gasteiger partial charge in [0.15, 0.2) is 0 Å². The molecule has 0 fully saturated rings. The fourth-order valence-electron chi connectivity index (χ4n) is 2.47. The number of hydrogen-bond acceptors (Lipinski definition) is 2. The Bertz CT molecular complexity index is 764. The van der Waals surface area contributed by atoms with E-state index in [-0.39, 0.29) is 18.2 Å². The minimum atomic E-state index is -0.623. The van der Waals surface area contributed by atoms with Crippen LogP contribution in [0.25, 0.3) is 0 Å². The van der Waals surface area contributed by atoms with Gasteiger partial charge in [-0.25, -0.2) is 4.39 Å². The molecule has 22 heavy (non-hydrogen) atoms. The number of halogens is 2. The molecule has 0 bridgehead atoms. The molecule has 1 aliphatic heterocycles. The number of rotatable bonds is 2. The molecule has 0 aliphatic carbocycles. The zero-order valence-electron chi connectivity index (χ0n) is 11.4. The van der Waals surface area contributed by atoms with E-state index in [1.807, 2.05) is 18.2 Å². The van der Waals surface area contributed by atoms with Crippen LogP contribution in [0.2, 0.25) is 0 Å². The zero-order chi connectivity index (χ0) is 15.7. The molecule has 1 aliphatic rings. The molecule has 2 N–H and O–H groups in total. The largest absolute Gasteiger partial charge is 0.326 e. The normalized spacial score (nSPS) is 16.6. The monoisotopic (exact) mass is 410 g/mol. The van der Waals surface area contributed by atoms with Gasteiger partial charge in [0.05, 0.1) is 5.92 Å². The Kier molecular flexibility index (Phi) is 4.10. The lowest BCUT2D eigenvalue weighted by molar-refractivity contribution is -0.123. The molecule has 2 amide bonds. The van der Waals surface area contributed by atoms with E-state index in [9.17, 15) is 14.0 Å².